The van der Waals surface area contributed by atoms with Crippen molar-refractivity contribution in [2.45, 2.75) is 72.5 Å². The van der Waals surface area contributed by atoms with Crippen LogP contribution < -0.4 is 10.6 Å². The Morgan fingerprint density at radius 3 is 2.60 bits per heavy atom. The van der Waals surface area contributed by atoms with Crippen LogP contribution in [0.2, 0.25) is 0 Å². The van der Waals surface area contributed by atoms with Gasteiger partial charge in [0.15, 0.2) is 5.96 Å². The maximum Gasteiger partial charge on any atom is 0.191 e. The Kier molecular flexibility index (Phi) is 7.75. The summed E-state index contributed by atoms with van der Waals surface area (Å²) in [6, 6.07) is 3.30. The smallest absolute Gasteiger partial charge is 0.191 e. The number of aliphatic imine (C=N–C) groups is 1. The number of hydrogen-bond acceptors (Lipinski definition) is 3. The Balaban J connectivity index is 1.77. The molecule has 25 heavy (non-hydrogen) atoms. The van der Waals surface area contributed by atoms with E-state index < -0.39 is 0 Å². The van der Waals surface area contributed by atoms with Crippen molar-refractivity contribution in [3.63, 3.8) is 0 Å². The third-order valence-electron chi connectivity index (χ3n) is 4.85. The molecule has 0 aliphatic carbocycles. The van der Waals surface area contributed by atoms with E-state index in [0.717, 1.165) is 37.7 Å². The number of nitrogens with one attached hydrogen (secondary N) is 2. The first-order valence-electron chi connectivity index (χ1n) is 9.79. The predicted octanol–water partition coefficient (Wildman–Crippen LogP) is 2.32. The Labute approximate surface area is 153 Å². The summed E-state index contributed by atoms with van der Waals surface area (Å²) < 4.78 is 2.08. The Morgan fingerprint density at radius 1 is 1.32 bits per heavy atom. The molecule has 0 aromatic carbocycles. The number of hydrogen-bond donors (Lipinski definition) is 2. The molecular formula is C19H36N6. The number of aromatic nitrogens is 2. The van der Waals surface area contributed by atoms with Crippen molar-refractivity contribution in [1.29, 1.82) is 0 Å². The largest absolute Gasteiger partial charge is 0.357 e. The normalized spacial score (nSPS) is 17.3. The highest BCUT2D eigenvalue weighted by Gasteiger charge is 2.21. The van der Waals surface area contributed by atoms with Gasteiger partial charge in [-0.25, -0.2) is 0 Å². The Hall–Kier alpha value is -1.56. The maximum absolute atomic E-state index is 4.75. The maximum atomic E-state index is 4.75. The molecule has 1 aromatic rings. The van der Waals surface area contributed by atoms with Crippen molar-refractivity contribution in [3.8, 4) is 0 Å². The zero-order chi connectivity index (χ0) is 18.2. The fourth-order valence-electron chi connectivity index (χ4n) is 3.39. The van der Waals surface area contributed by atoms with E-state index in [1.165, 1.54) is 31.6 Å². The van der Waals surface area contributed by atoms with E-state index in [4.69, 9.17) is 4.99 Å². The van der Waals surface area contributed by atoms with Crippen LogP contribution in [0.25, 0.3) is 0 Å². The molecule has 1 aliphatic heterocycles. The lowest BCUT2D eigenvalue weighted by molar-refractivity contribution is 0.167. The second-order valence-electron chi connectivity index (χ2n) is 7.31. The van der Waals surface area contributed by atoms with Crippen molar-refractivity contribution in [3.05, 3.63) is 17.5 Å². The van der Waals surface area contributed by atoms with Gasteiger partial charge in [-0.2, -0.15) is 5.10 Å². The zero-order valence-electron chi connectivity index (χ0n) is 16.7. The van der Waals surface area contributed by atoms with Crippen LogP contribution in [-0.4, -0.2) is 58.9 Å². The first-order chi connectivity index (χ1) is 12.0. The lowest BCUT2D eigenvalue weighted by Crippen LogP contribution is -2.49. The topological polar surface area (TPSA) is 57.5 Å². The van der Waals surface area contributed by atoms with Gasteiger partial charge in [-0.1, -0.05) is 0 Å². The molecule has 142 valence electrons. The monoisotopic (exact) mass is 348 g/mol. The molecule has 1 saturated heterocycles. The third-order valence-corrected chi connectivity index (χ3v) is 4.85. The fourth-order valence-corrected chi connectivity index (χ4v) is 3.39. The summed E-state index contributed by atoms with van der Waals surface area (Å²) in [5, 5.41) is 11.5. The van der Waals surface area contributed by atoms with Crippen molar-refractivity contribution >= 4 is 5.96 Å². The number of piperidine rings is 1. The van der Waals surface area contributed by atoms with Gasteiger partial charge in [-0.05, 0) is 59.9 Å². The van der Waals surface area contributed by atoms with E-state index in [1.807, 2.05) is 6.92 Å². The molecule has 2 heterocycles. The highest BCUT2D eigenvalue weighted by molar-refractivity contribution is 5.80. The van der Waals surface area contributed by atoms with Gasteiger partial charge in [-0.3, -0.25) is 9.67 Å². The van der Waals surface area contributed by atoms with Crippen LogP contribution in [0.5, 0.6) is 0 Å². The van der Waals surface area contributed by atoms with Crippen LogP contribution in [0, 0.1) is 13.8 Å². The molecule has 6 nitrogen and oxygen atoms in total. The lowest BCUT2D eigenvalue weighted by Gasteiger charge is -2.35. The molecule has 1 aliphatic rings. The number of likely N-dealkylation sites (tertiary alicyclic amines) is 1. The van der Waals surface area contributed by atoms with Gasteiger partial charge in [0, 0.05) is 50.5 Å². The van der Waals surface area contributed by atoms with Crippen molar-refractivity contribution in [2.75, 3.05) is 26.2 Å². The second kappa shape index (κ2) is 9.80. The summed E-state index contributed by atoms with van der Waals surface area (Å²) in [4.78, 5) is 7.31. The molecule has 6 heteroatoms. The predicted molar refractivity (Wildman–Crippen MR) is 105 cm³/mol. The summed E-state index contributed by atoms with van der Waals surface area (Å²) in [6.07, 6.45) is 3.38. The second-order valence-corrected chi connectivity index (χ2v) is 7.31. The van der Waals surface area contributed by atoms with E-state index in [0.29, 0.717) is 12.1 Å². The molecule has 1 aromatic heterocycles. The molecule has 2 rings (SSSR count). The summed E-state index contributed by atoms with van der Waals surface area (Å²) in [7, 11) is 0. The van der Waals surface area contributed by atoms with Gasteiger partial charge in [0.1, 0.15) is 0 Å². The summed E-state index contributed by atoms with van der Waals surface area (Å²) in [5.41, 5.74) is 2.31. The van der Waals surface area contributed by atoms with E-state index in [9.17, 15) is 0 Å². The number of guanidine groups is 1. The average molecular weight is 349 g/mol. The summed E-state index contributed by atoms with van der Waals surface area (Å²) in [6.45, 7) is 15.8. The van der Waals surface area contributed by atoms with E-state index in [-0.39, 0.29) is 0 Å². The van der Waals surface area contributed by atoms with E-state index >= 15 is 0 Å². The highest BCUT2D eigenvalue weighted by atomic mass is 15.3. The number of aryl methyl sites for hydroxylation is 3. The van der Waals surface area contributed by atoms with Crippen molar-refractivity contribution < 1.29 is 0 Å². The standard InChI is InChI=1S/C19H36N6/c1-6-20-19(22-18-8-12-24(13-9-18)15(2)3)21-10-7-11-25-17(5)14-16(4)23-25/h14-15,18H,6-13H2,1-5H3,(H2,20,21,22). The Bertz CT molecular complexity index is 540. The average Bonchev–Trinajstić information content (AvgIpc) is 2.89. The highest BCUT2D eigenvalue weighted by Crippen LogP contribution is 2.12. The first-order valence-corrected chi connectivity index (χ1v) is 9.79. The summed E-state index contributed by atoms with van der Waals surface area (Å²) in [5.74, 6) is 0.957. The van der Waals surface area contributed by atoms with Crippen molar-refractivity contribution in [1.82, 2.24) is 25.3 Å². The van der Waals surface area contributed by atoms with Crippen LogP contribution in [0.4, 0.5) is 0 Å². The van der Waals surface area contributed by atoms with E-state index in [2.05, 4.69) is 59.1 Å². The SMILES string of the molecule is CCNC(=NCCCn1nc(C)cc1C)NC1CCN(C(C)C)CC1. The van der Waals surface area contributed by atoms with Gasteiger partial charge in [0.25, 0.3) is 0 Å². The number of nitrogens with zero attached hydrogens (tertiary/aromatic N) is 4. The first kappa shape index (κ1) is 19.8. The number of rotatable bonds is 7. The quantitative estimate of drug-likeness (QED) is 0.451. The van der Waals surface area contributed by atoms with Crippen LogP contribution in [0.1, 0.15) is 51.4 Å². The molecule has 0 atom stereocenters. The van der Waals surface area contributed by atoms with Gasteiger partial charge in [-0.15, -0.1) is 0 Å². The van der Waals surface area contributed by atoms with Crippen LogP contribution >= 0.6 is 0 Å². The van der Waals surface area contributed by atoms with Crippen LogP contribution in [-0.2, 0) is 6.54 Å². The van der Waals surface area contributed by atoms with Gasteiger partial charge in [0.05, 0.1) is 5.69 Å². The molecule has 0 radical (unpaired) electrons. The molecule has 0 saturated carbocycles. The molecule has 0 bridgehead atoms. The molecule has 1 fully saturated rings. The fraction of sp³-hybridized carbons (Fsp3) is 0.789. The molecular weight excluding hydrogens is 312 g/mol. The van der Waals surface area contributed by atoms with Crippen molar-refractivity contribution in [2.24, 2.45) is 4.99 Å². The van der Waals surface area contributed by atoms with Crippen LogP contribution in [0.3, 0.4) is 0 Å². The zero-order valence-corrected chi connectivity index (χ0v) is 16.7. The van der Waals surface area contributed by atoms with E-state index in [1.54, 1.807) is 0 Å². The Morgan fingerprint density at radius 2 is 2.04 bits per heavy atom. The molecule has 0 spiro atoms. The van der Waals surface area contributed by atoms with Gasteiger partial charge >= 0.3 is 0 Å². The minimum atomic E-state index is 0.531. The van der Waals surface area contributed by atoms with Gasteiger partial charge < -0.3 is 15.5 Å². The third kappa shape index (κ3) is 6.34. The minimum Gasteiger partial charge on any atom is -0.357 e. The minimum absolute atomic E-state index is 0.531. The molecule has 0 unspecified atom stereocenters. The summed E-state index contributed by atoms with van der Waals surface area (Å²) >= 11 is 0. The lowest BCUT2D eigenvalue weighted by atomic mass is 10.0. The van der Waals surface area contributed by atoms with Gasteiger partial charge in [0.2, 0.25) is 0 Å². The van der Waals surface area contributed by atoms with Crippen LogP contribution in [0.15, 0.2) is 11.1 Å². The molecule has 0 amide bonds. The molecule has 2 N–H and O–H groups in total.